The van der Waals surface area contributed by atoms with E-state index in [9.17, 15) is 9.59 Å². The molecule has 35 heavy (non-hydrogen) atoms. The van der Waals surface area contributed by atoms with Crippen LogP contribution in [0.4, 0.5) is 5.69 Å². The Morgan fingerprint density at radius 2 is 1.63 bits per heavy atom. The average molecular weight is 476 g/mol. The van der Waals surface area contributed by atoms with Crippen molar-refractivity contribution >= 4 is 22.5 Å². The Labute approximate surface area is 203 Å². The lowest BCUT2D eigenvalue weighted by atomic mass is 10.1. The summed E-state index contributed by atoms with van der Waals surface area (Å²) in [5.41, 5.74) is 3.80. The summed E-state index contributed by atoms with van der Waals surface area (Å²) < 4.78 is 13.5. The van der Waals surface area contributed by atoms with Crippen LogP contribution in [0.1, 0.15) is 36.3 Å². The number of nitrogens with one attached hydrogen (secondary N) is 1. The molecule has 2 aromatic carbocycles. The fraction of sp³-hybridized carbons (Fsp3) is 0.308. The molecule has 0 aliphatic carbocycles. The molecule has 9 nitrogen and oxygen atoms in total. The van der Waals surface area contributed by atoms with Gasteiger partial charge in [0.1, 0.15) is 17.5 Å². The molecular weight excluding hydrogens is 446 g/mol. The van der Waals surface area contributed by atoms with E-state index in [4.69, 9.17) is 9.47 Å². The van der Waals surface area contributed by atoms with E-state index < -0.39 is 11.6 Å². The minimum absolute atomic E-state index is 0.282. The van der Waals surface area contributed by atoms with Gasteiger partial charge in [-0.1, -0.05) is 24.6 Å². The molecule has 1 amide bonds. The SMILES string of the molecule is CC[C@H](C(=O)Nc1cc(OC)cc(OC)c1)n1nc(C)c2c(C)n(-c3ccc(C)cc3)nc2c1=O. The van der Waals surface area contributed by atoms with Crippen molar-refractivity contribution in [3.63, 3.8) is 0 Å². The second-order valence-corrected chi connectivity index (χ2v) is 8.41. The lowest BCUT2D eigenvalue weighted by molar-refractivity contribution is -0.119. The van der Waals surface area contributed by atoms with Crippen molar-refractivity contribution in [2.45, 2.75) is 40.2 Å². The van der Waals surface area contributed by atoms with Crippen LogP contribution >= 0.6 is 0 Å². The highest BCUT2D eigenvalue weighted by Gasteiger charge is 2.25. The summed E-state index contributed by atoms with van der Waals surface area (Å²) in [6.07, 6.45) is 0.364. The Bertz CT molecular complexity index is 1430. The van der Waals surface area contributed by atoms with Gasteiger partial charge in [-0.3, -0.25) is 9.59 Å². The van der Waals surface area contributed by atoms with Gasteiger partial charge in [-0.15, -0.1) is 0 Å². The third kappa shape index (κ3) is 4.49. The lowest BCUT2D eigenvalue weighted by Gasteiger charge is -2.18. The van der Waals surface area contributed by atoms with Crippen LogP contribution in [-0.4, -0.2) is 39.7 Å². The van der Waals surface area contributed by atoms with Crippen LogP contribution in [0, 0.1) is 20.8 Å². The van der Waals surface area contributed by atoms with Crippen LogP contribution in [-0.2, 0) is 4.79 Å². The Balaban J connectivity index is 1.75. The first-order valence-electron chi connectivity index (χ1n) is 11.4. The molecule has 4 aromatic rings. The number of aromatic nitrogens is 4. The fourth-order valence-corrected chi connectivity index (χ4v) is 4.17. The molecule has 4 rings (SSSR count). The Hall–Kier alpha value is -4.14. The number of carbonyl (C=O) groups excluding carboxylic acids is 1. The fourth-order valence-electron chi connectivity index (χ4n) is 4.17. The van der Waals surface area contributed by atoms with E-state index in [2.05, 4.69) is 15.5 Å². The van der Waals surface area contributed by atoms with E-state index in [1.54, 1.807) is 22.9 Å². The summed E-state index contributed by atoms with van der Waals surface area (Å²) in [5, 5.41) is 12.7. The predicted octanol–water partition coefficient (Wildman–Crippen LogP) is 4.11. The first-order valence-corrected chi connectivity index (χ1v) is 11.4. The molecule has 0 unspecified atom stereocenters. The van der Waals surface area contributed by atoms with Gasteiger partial charge in [0.15, 0.2) is 5.52 Å². The van der Waals surface area contributed by atoms with E-state index >= 15 is 0 Å². The smallest absolute Gasteiger partial charge is 0.295 e. The molecule has 1 N–H and O–H groups in total. The van der Waals surface area contributed by atoms with Gasteiger partial charge in [-0.05, 0) is 39.3 Å². The molecule has 0 aliphatic heterocycles. The van der Waals surface area contributed by atoms with Crippen molar-refractivity contribution < 1.29 is 14.3 Å². The number of benzene rings is 2. The lowest BCUT2D eigenvalue weighted by Crippen LogP contribution is -2.35. The van der Waals surface area contributed by atoms with Crippen molar-refractivity contribution in [2.24, 2.45) is 0 Å². The Morgan fingerprint density at radius 1 is 1.00 bits per heavy atom. The van der Waals surface area contributed by atoms with Crippen LogP contribution in [0.5, 0.6) is 11.5 Å². The van der Waals surface area contributed by atoms with Gasteiger partial charge in [-0.25, -0.2) is 9.36 Å². The summed E-state index contributed by atoms with van der Waals surface area (Å²) in [4.78, 5) is 26.7. The van der Waals surface area contributed by atoms with E-state index in [0.717, 1.165) is 16.9 Å². The number of fused-ring (bicyclic) bond motifs is 1. The maximum Gasteiger partial charge on any atom is 0.295 e. The van der Waals surface area contributed by atoms with Gasteiger partial charge >= 0.3 is 0 Å². The minimum atomic E-state index is -0.826. The second kappa shape index (κ2) is 9.61. The topological polar surface area (TPSA) is 100 Å². The van der Waals surface area contributed by atoms with Crippen molar-refractivity contribution in [1.82, 2.24) is 19.6 Å². The largest absolute Gasteiger partial charge is 0.497 e. The number of methoxy groups -OCH3 is 2. The molecule has 0 bridgehead atoms. The van der Waals surface area contributed by atoms with Crippen LogP contribution < -0.4 is 20.3 Å². The summed E-state index contributed by atoms with van der Waals surface area (Å²) in [6, 6.07) is 12.2. The first kappa shape index (κ1) is 24.0. The van der Waals surface area contributed by atoms with Crippen LogP contribution in [0.15, 0.2) is 47.3 Å². The number of carbonyl (C=O) groups is 1. The molecule has 9 heteroatoms. The highest BCUT2D eigenvalue weighted by molar-refractivity contribution is 5.94. The monoisotopic (exact) mass is 475 g/mol. The van der Waals surface area contributed by atoms with Crippen molar-refractivity contribution in [1.29, 1.82) is 0 Å². The van der Waals surface area contributed by atoms with E-state index in [1.807, 2.05) is 52.0 Å². The molecule has 1 atom stereocenters. The van der Waals surface area contributed by atoms with Crippen LogP contribution in [0.3, 0.4) is 0 Å². The van der Waals surface area contributed by atoms with Crippen molar-refractivity contribution in [2.75, 3.05) is 19.5 Å². The Kier molecular flexibility index (Phi) is 6.59. The number of ether oxygens (including phenoxy) is 2. The average Bonchev–Trinajstić information content (AvgIpc) is 3.20. The van der Waals surface area contributed by atoms with Gasteiger partial charge < -0.3 is 14.8 Å². The second-order valence-electron chi connectivity index (χ2n) is 8.41. The molecule has 2 heterocycles. The molecule has 0 spiro atoms. The predicted molar refractivity (Wildman–Crippen MR) is 135 cm³/mol. The molecule has 0 saturated heterocycles. The number of hydrogen-bond donors (Lipinski definition) is 1. The number of anilines is 1. The minimum Gasteiger partial charge on any atom is -0.497 e. The number of amides is 1. The van der Waals surface area contributed by atoms with E-state index in [-0.39, 0.29) is 11.4 Å². The first-order chi connectivity index (χ1) is 16.8. The summed E-state index contributed by atoms with van der Waals surface area (Å²) in [7, 11) is 3.07. The van der Waals surface area contributed by atoms with E-state index in [0.29, 0.717) is 34.7 Å². The molecule has 0 aliphatic rings. The zero-order valence-electron chi connectivity index (χ0n) is 20.7. The molecule has 2 aromatic heterocycles. The van der Waals surface area contributed by atoms with E-state index in [1.165, 1.54) is 18.9 Å². The molecule has 0 saturated carbocycles. The number of hydrogen-bond acceptors (Lipinski definition) is 6. The van der Waals surface area contributed by atoms with Gasteiger partial charge in [0, 0.05) is 23.9 Å². The van der Waals surface area contributed by atoms with Crippen LogP contribution in [0.25, 0.3) is 16.6 Å². The molecular formula is C26H29N5O4. The summed E-state index contributed by atoms with van der Waals surface area (Å²) in [6.45, 7) is 7.58. The van der Waals surface area contributed by atoms with Gasteiger partial charge in [0.2, 0.25) is 5.91 Å². The highest BCUT2D eigenvalue weighted by atomic mass is 16.5. The van der Waals surface area contributed by atoms with Gasteiger partial charge in [-0.2, -0.15) is 10.2 Å². The molecule has 0 fully saturated rings. The normalized spacial score (nSPS) is 11.9. The number of nitrogens with zero attached hydrogens (tertiary/aromatic N) is 4. The number of rotatable bonds is 7. The zero-order chi connectivity index (χ0) is 25.3. The highest BCUT2D eigenvalue weighted by Crippen LogP contribution is 2.27. The van der Waals surface area contributed by atoms with Gasteiger partial charge in [0.25, 0.3) is 5.56 Å². The standard InChI is InChI=1S/C26H29N5O4/c1-7-22(25(32)27-18-12-20(34-5)14-21(13-18)35-6)31-26(33)24-23(16(3)28-31)17(4)30(29-24)19-10-8-15(2)9-11-19/h8-14,22H,7H2,1-6H3,(H,27,32)/t22-/m1/s1. The quantitative estimate of drug-likeness (QED) is 0.432. The number of aryl methyl sites for hydroxylation is 3. The third-order valence-electron chi connectivity index (χ3n) is 6.03. The van der Waals surface area contributed by atoms with Gasteiger partial charge in [0.05, 0.1) is 36.7 Å². The third-order valence-corrected chi connectivity index (χ3v) is 6.03. The maximum atomic E-state index is 13.5. The van der Waals surface area contributed by atoms with Crippen LogP contribution in [0.2, 0.25) is 0 Å². The van der Waals surface area contributed by atoms with Crippen molar-refractivity contribution in [3.8, 4) is 17.2 Å². The maximum absolute atomic E-state index is 13.5. The zero-order valence-corrected chi connectivity index (χ0v) is 20.7. The Morgan fingerprint density at radius 3 is 2.20 bits per heavy atom. The summed E-state index contributed by atoms with van der Waals surface area (Å²) in [5.74, 6) is 0.709. The summed E-state index contributed by atoms with van der Waals surface area (Å²) >= 11 is 0. The van der Waals surface area contributed by atoms with Crippen molar-refractivity contribution in [3.05, 3.63) is 69.8 Å². The molecule has 182 valence electrons. The molecule has 0 radical (unpaired) electrons.